The lowest BCUT2D eigenvalue weighted by atomic mass is 10.1. The number of thioether (sulfide) groups is 1. The molecule has 0 bridgehead atoms. The molecule has 154 valence electrons. The Balaban J connectivity index is 1.64. The third-order valence-electron chi connectivity index (χ3n) is 5.28. The van der Waals surface area contributed by atoms with E-state index in [1.54, 1.807) is 6.08 Å². The van der Waals surface area contributed by atoms with E-state index in [2.05, 4.69) is 33.7 Å². The highest BCUT2D eigenvalue weighted by Crippen LogP contribution is 2.31. The molecule has 0 saturated heterocycles. The Labute approximate surface area is 180 Å². The summed E-state index contributed by atoms with van der Waals surface area (Å²) in [5.74, 6) is -0.291. The van der Waals surface area contributed by atoms with Gasteiger partial charge in [0.2, 0.25) is 5.17 Å². The highest BCUT2D eigenvalue weighted by Gasteiger charge is 2.35. The zero-order valence-electron chi connectivity index (χ0n) is 17.5. The summed E-state index contributed by atoms with van der Waals surface area (Å²) in [7, 11) is 0. The third-order valence-corrected chi connectivity index (χ3v) is 6.24. The predicted octanol–water partition coefficient (Wildman–Crippen LogP) is 5.29. The number of benzene rings is 1. The lowest BCUT2D eigenvalue weighted by Gasteiger charge is -2.20. The van der Waals surface area contributed by atoms with Gasteiger partial charge in [0.25, 0.3) is 5.91 Å². The van der Waals surface area contributed by atoms with Crippen molar-refractivity contribution in [3.63, 3.8) is 0 Å². The summed E-state index contributed by atoms with van der Waals surface area (Å²) in [6, 6.07) is 12.1. The van der Waals surface area contributed by atoms with Gasteiger partial charge in [0, 0.05) is 17.1 Å². The molecular weight excluding hydrogens is 394 g/mol. The van der Waals surface area contributed by atoms with E-state index in [4.69, 9.17) is 5.41 Å². The first kappa shape index (κ1) is 20.3. The van der Waals surface area contributed by atoms with Crippen LogP contribution in [0.2, 0.25) is 0 Å². The molecule has 1 aromatic heterocycles. The van der Waals surface area contributed by atoms with Crippen LogP contribution in [0.5, 0.6) is 0 Å². The smallest absolute Gasteiger partial charge is 0.283 e. The number of aromatic nitrogens is 1. The van der Waals surface area contributed by atoms with Crippen molar-refractivity contribution in [2.24, 2.45) is 10.1 Å². The molecule has 6 nitrogen and oxygen atoms in total. The van der Waals surface area contributed by atoms with E-state index in [1.807, 2.05) is 38.1 Å². The van der Waals surface area contributed by atoms with Crippen LogP contribution in [0.25, 0.3) is 11.8 Å². The van der Waals surface area contributed by atoms with E-state index >= 15 is 0 Å². The molecular formula is C23H25N5OS. The van der Waals surface area contributed by atoms with Gasteiger partial charge in [-0.2, -0.15) is 15.1 Å². The van der Waals surface area contributed by atoms with Gasteiger partial charge in [0.1, 0.15) is 5.04 Å². The van der Waals surface area contributed by atoms with Crippen molar-refractivity contribution in [3.8, 4) is 5.69 Å². The second kappa shape index (κ2) is 8.44. The Kier molecular flexibility index (Phi) is 5.72. The van der Waals surface area contributed by atoms with Crippen LogP contribution >= 0.6 is 11.8 Å². The van der Waals surface area contributed by atoms with Gasteiger partial charge < -0.3 is 4.57 Å². The molecule has 4 rings (SSSR count). The van der Waals surface area contributed by atoms with Gasteiger partial charge in [0.15, 0.2) is 5.84 Å². The van der Waals surface area contributed by atoms with Gasteiger partial charge >= 0.3 is 0 Å². The van der Waals surface area contributed by atoms with Gasteiger partial charge in [-0.05, 0) is 68.3 Å². The number of rotatable bonds is 6. The van der Waals surface area contributed by atoms with E-state index < -0.39 is 0 Å². The number of amidine groups is 2. The quantitative estimate of drug-likeness (QED) is 0.510. The summed E-state index contributed by atoms with van der Waals surface area (Å²) < 4.78 is 2.15. The number of aliphatic imine (C=N–C) groups is 1. The minimum absolute atomic E-state index is 0.0903. The number of amides is 1. The highest BCUT2D eigenvalue weighted by atomic mass is 32.2. The average Bonchev–Trinajstić information content (AvgIpc) is 3.26. The fourth-order valence-corrected chi connectivity index (χ4v) is 4.65. The number of aryl methyl sites for hydroxylation is 1. The van der Waals surface area contributed by atoms with Gasteiger partial charge in [-0.25, -0.2) is 0 Å². The molecule has 0 radical (unpaired) electrons. The normalized spacial score (nSPS) is 17.4. The van der Waals surface area contributed by atoms with E-state index in [9.17, 15) is 4.79 Å². The van der Waals surface area contributed by atoms with Crippen LogP contribution < -0.4 is 0 Å². The molecule has 30 heavy (non-hydrogen) atoms. The van der Waals surface area contributed by atoms with Crippen molar-refractivity contribution in [3.05, 3.63) is 58.9 Å². The molecule has 7 heteroatoms. The Morgan fingerprint density at radius 3 is 2.67 bits per heavy atom. The monoisotopic (exact) mass is 419 g/mol. The number of unbranched alkanes of at least 4 members (excludes halogenated alkanes) is 2. The summed E-state index contributed by atoms with van der Waals surface area (Å²) in [5, 5.41) is 16.0. The molecule has 0 atom stereocenters. The van der Waals surface area contributed by atoms with Crippen molar-refractivity contribution in [1.82, 2.24) is 9.58 Å². The standard InChI is InChI=1S/C23H25N5OS/c1-4-5-7-12-20-26-28-21(24)19(22(29)25-23(28)30-20)14-17-13-15(2)27(16(17)3)18-10-8-6-9-11-18/h6,8-11,13-14,24H,4-5,7,12H2,1-3H3. The van der Waals surface area contributed by atoms with Crippen LogP contribution in [0.1, 0.15) is 49.6 Å². The molecule has 0 unspecified atom stereocenters. The van der Waals surface area contributed by atoms with Crippen molar-refractivity contribution in [2.75, 3.05) is 0 Å². The topological polar surface area (TPSA) is 73.8 Å². The molecule has 1 N–H and O–H groups in total. The lowest BCUT2D eigenvalue weighted by molar-refractivity contribution is -0.114. The molecule has 2 aliphatic heterocycles. The van der Waals surface area contributed by atoms with Crippen molar-refractivity contribution >= 4 is 39.8 Å². The predicted molar refractivity (Wildman–Crippen MR) is 124 cm³/mol. The average molecular weight is 420 g/mol. The van der Waals surface area contributed by atoms with Crippen LogP contribution in [0.4, 0.5) is 0 Å². The number of hydrogen-bond donors (Lipinski definition) is 1. The number of hydrazone groups is 1. The summed E-state index contributed by atoms with van der Waals surface area (Å²) in [4.78, 5) is 16.9. The van der Waals surface area contributed by atoms with Crippen LogP contribution in [0.15, 0.2) is 52.1 Å². The molecule has 2 aromatic rings. The van der Waals surface area contributed by atoms with Gasteiger partial charge in [-0.3, -0.25) is 10.2 Å². The second-order valence-electron chi connectivity index (χ2n) is 7.47. The van der Waals surface area contributed by atoms with Crippen molar-refractivity contribution in [1.29, 1.82) is 5.41 Å². The first-order chi connectivity index (χ1) is 14.5. The number of para-hydroxylation sites is 1. The maximum atomic E-state index is 12.7. The fraction of sp³-hybridized carbons (Fsp3) is 0.304. The fourth-order valence-electron chi connectivity index (χ4n) is 3.72. The first-order valence-electron chi connectivity index (χ1n) is 10.2. The second-order valence-corrected chi connectivity index (χ2v) is 8.51. The van der Waals surface area contributed by atoms with Gasteiger partial charge in [0.05, 0.1) is 5.57 Å². The maximum Gasteiger partial charge on any atom is 0.283 e. The minimum Gasteiger partial charge on any atom is -0.318 e. The number of fused-ring (bicyclic) bond motifs is 1. The Bertz CT molecular complexity index is 1090. The van der Waals surface area contributed by atoms with Gasteiger partial charge in [-0.15, -0.1) is 0 Å². The number of nitrogens with one attached hydrogen (secondary N) is 1. The van der Waals surface area contributed by atoms with Crippen LogP contribution in [-0.2, 0) is 4.79 Å². The summed E-state index contributed by atoms with van der Waals surface area (Å²) in [6.07, 6.45) is 5.96. The van der Waals surface area contributed by atoms with Gasteiger partial charge in [-0.1, -0.05) is 38.0 Å². The minimum atomic E-state index is -0.381. The van der Waals surface area contributed by atoms with Crippen LogP contribution in [0, 0.1) is 19.3 Å². The molecule has 1 aromatic carbocycles. The zero-order valence-corrected chi connectivity index (χ0v) is 18.3. The van der Waals surface area contributed by atoms with E-state index in [1.165, 1.54) is 16.8 Å². The van der Waals surface area contributed by atoms with E-state index in [0.717, 1.165) is 53.4 Å². The number of carbonyl (C=O) groups excluding carboxylic acids is 1. The maximum absolute atomic E-state index is 12.7. The summed E-state index contributed by atoms with van der Waals surface area (Å²) in [6.45, 7) is 6.22. The molecule has 1 amide bonds. The molecule has 0 aliphatic carbocycles. The highest BCUT2D eigenvalue weighted by molar-refractivity contribution is 8.26. The number of hydrogen-bond acceptors (Lipinski definition) is 4. The summed E-state index contributed by atoms with van der Waals surface area (Å²) in [5.41, 5.74) is 4.33. The Hall–Kier alpha value is -2.93. The zero-order chi connectivity index (χ0) is 21.3. The van der Waals surface area contributed by atoms with Crippen LogP contribution in [-0.4, -0.2) is 31.5 Å². The Morgan fingerprint density at radius 2 is 1.93 bits per heavy atom. The van der Waals surface area contributed by atoms with Crippen molar-refractivity contribution < 1.29 is 4.79 Å². The first-order valence-corrected chi connectivity index (χ1v) is 11.0. The number of carbonyl (C=O) groups is 1. The van der Waals surface area contributed by atoms with E-state index in [0.29, 0.717) is 5.17 Å². The molecule has 0 fully saturated rings. The lowest BCUT2D eigenvalue weighted by Crippen LogP contribution is -2.35. The molecule has 3 heterocycles. The third kappa shape index (κ3) is 3.77. The molecule has 2 aliphatic rings. The van der Waals surface area contributed by atoms with Crippen molar-refractivity contribution in [2.45, 2.75) is 46.5 Å². The Morgan fingerprint density at radius 1 is 1.17 bits per heavy atom. The van der Waals surface area contributed by atoms with E-state index in [-0.39, 0.29) is 17.3 Å². The SMILES string of the molecule is CCCCCC1=NN2C(=N)C(=Cc3cc(C)n(-c4ccccc4)c3C)C(=O)N=C2S1. The molecule has 0 spiro atoms. The summed E-state index contributed by atoms with van der Waals surface area (Å²) >= 11 is 1.40. The largest absolute Gasteiger partial charge is 0.318 e. The molecule has 0 saturated carbocycles. The number of nitrogens with zero attached hydrogens (tertiary/aromatic N) is 4. The van der Waals surface area contributed by atoms with Crippen LogP contribution in [0.3, 0.4) is 0 Å².